The Labute approximate surface area is 130 Å². The Morgan fingerprint density at radius 2 is 2.18 bits per heavy atom. The van der Waals surface area contributed by atoms with Crippen LogP contribution in [0.5, 0.6) is 0 Å². The summed E-state index contributed by atoms with van der Waals surface area (Å²) < 4.78 is 0. The zero-order chi connectivity index (χ0) is 15.9. The van der Waals surface area contributed by atoms with Crippen LogP contribution in [-0.4, -0.2) is 37.5 Å². The first-order valence-corrected chi connectivity index (χ1v) is 7.74. The second kappa shape index (κ2) is 5.26. The summed E-state index contributed by atoms with van der Waals surface area (Å²) in [6, 6.07) is 1.89. The lowest BCUT2D eigenvalue weighted by atomic mass is 9.92. The van der Waals surface area contributed by atoms with Gasteiger partial charge in [-0.3, -0.25) is 9.89 Å². The highest BCUT2D eigenvalue weighted by molar-refractivity contribution is 5.92. The molecule has 2 N–H and O–H groups in total. The van der Waals surface area contributed by atoms with E-state index in [9.17, 15) is 4.79 Å². The standard InChI is InChI=1S/C16H23N5O/c1-10-9-17-14(18-10)12-6-5-7-21(12)15(22)11-8-13(20-19-11)16(2,3)4/h8-9,12H,5-7H2,1-4H3,(H,17,18)(H,19,20)/t12-/m0/s1. The van der Waals surface area contributed by atoms with Crippen molar-refractivity contribution in [3.05, 3.63) is 35.2 Å². The van der Waals surface area contributed by atoms with E-state index in [1.807, 2.05) is 24.1 Å². The van der Waals surface area contributed by atoms with Crippen LogP contribution in [0.1, 0.15) is 67.4 Å². The van der Waals surface area contributed by atoms with Crippen molar-refractivity contribution in [2.45, 2.75) is 52.0 Å². The van der Waals surface area contributed by atoms with Gasteiger partial charge in [-0.05, 0) is 25.8 Å². The number of likely N-dealkylation sites (tertiary alicyclic amines) is 1. The quantitative estimate of drug-likeness (QED) is 0.895. The van der Waals surface area contributed by atoms with Crippen molar-refractivity contribution in [1.82, 2.24) is 25.1 Å². The van der Waals surface area contributed by atoms with E-state index in [-0.39, 0.29) is 17.4 Å². The first kappa shape index (κ1) is 14.8. The Bertz CT molecular complexity index is 679. The van der Waals surface area contributed by atoms with Crippen LogP contribution in [0.25, 0.3) is 0 Å². The van der Waals surface area contributed by atoms with Crippen LogP contribution in [0.15, 0.2) is 12.3 Å². The van der Waals surface area contributed by atoms with Crippen LogP contribution in [0.4, 0.5) is 0 Å². The number of hydrogen-bond donors (Lipinski definition) is 2. The third-order valence-corrected chi connectivity index (χ3v) is 4.16. The summed E-state index contributed by atoms with van der Waals surface area (Å²) in [6.45, 7) is 9.01. The van der Waals surface area contributed by atoms with Crippen LogP contribution < -0.4 is 0 Å². The van der Waals surface area contributed by atoms with Crippen LogP contribution in [-0.2, 0) is 5.41 Å². The second-order valence-electron chi connectivity index (χ2n) is 7.02. The average Bonchev–Trinajstić information content (AvgIpc) is 3.16. The number of aryl methyl sites for hydroxylation is 1. The normalized spacial score (nSPS) is 18.9. The Kier molecular flexibility index (Phi) is 3.54. The molecule has 6 nitrogen and oxygen atoms in total. The molecule has 1 fully saturated rings. The topological polar surface area (TPSA) is 77.7 Å². The first-order valence-electron chi connectivity index (χ1n) is 7.74. The summed E-state index contributed by atoms with van der Waals surface area (Å²) in [5.74, 6) is 0.846. The lowest BCUT2D eigenvalue weighted by molar-refractivity contribution is 0.0724. The molecule has 1 saturated heterocycles. The smallest absolute Gasteiger partial charge is 0.274 e. The molecular formula is C16H23N5O. The highest BCUT2D eigenvalue weighted by Gasteiger charge is 2.33. The summed E-state index contributed by atoms with van der Waals surface area (Å²) in [4.78, 5) is 22.3. The van der Waals surface area contributed by atoms with Crippen molar-refractivity contribution in [1.29, 1.82) is 0 Å². The number of hydrogen-bond acceptors (Lipinski definition) is 3. The maximum Gasteiger partial charge on any atom is 0.274 e. The summed E-state index contributed by atoms with van der Waals surface area (Å²) in [5.41, 5.74) is 2.43. The number of carbonyl (C=O) groups is 1. The number of nitrogens with one attached hydrogen (secondary N) is 2. The number of aromatic nitrogens is 4. The van der Waals surface area contributed by atoms with Gasteiger partial charge >= 0.3 is 0 Å². The van der Waals surface area contributed by atoms with Crippen molar-refractivity contribution in [2.24, 2.45) is 0 Å². The van der Waals surface area contributed by atoms with Gasteiger partial charge in [0, 0.05) is 29.5 Å². The van der Waals surface area contributed by atoms with Crippen molar-refractivity contribution in [3.8, 4) is 0 Å². The van der Waals surface area contributed by atoms with Crippen LogP contribution in [0, 0.1) is 6.92 Å². The fourth-order valence-corrected chi connectivity index (χ4v) is 2.86. The zero-order valence-corrected chi connectivity index (χ0v) is 13.6. The molecule has 1 amide bonds. The van der Waals surface area contributed by atoms with Crippen molar-refractivity contribution >= 4 is 5.91 Å². The Morgan fingerprint density at radius 3 is 2.77 bits per heavy atom. The third kappa shape index (κ3) is 2.65. The van der Waals surface area contributed by atoms with E-state index in [1.165, 1.54) is 0 Å². The molecule has 0 spiro atoms. The molecule has 3 rings (SSSR count). The monoisotopic (exact) mass is 301 g/mol. The molecule has 3 heterocycles. The van der Waals surface area contributed by atoms with Gasteiger partial charge in [0.05, 0.1) is 6.04 Å². The summed E-state index contributed by atoms with van der Waals surface area (Å²) >= 11 is 0. The highest BCUT2D eigenvalue weighted by Crippen LogP contribution is 2.31. The van der Waals surface area contributed by atoms with Gasteiger partial charge in [-0.1, -0.05) is 20.8 Å². The molecule has 0 bridgehead atoms. The molecule has 0 saturated carbocycles. The van der Waals surface area contributed by atoms with Gasteiger partial charge in [0.25, 0.3) is 5.91 Å². The van der Waals surface area contributed by atoms with Gasteiger partial charge in [0.15, 0.2) is 0 Å². The lowest BCUT2D eigenvalue weighted by Crippen LogP contribution is -2.31. The third-order valence-electron chi connectivity index (χ3n) is 4.16. The maximum atomic E-state index is 12.8. The number of nitrogens with zero attached hydrogens (tertiary/aromatic N) is 3. The Morgan fingerprint density at radius 1 is 1.41 bits per heavy atom. The lowest BCUT2D eigenvalue weighted by Gasteiger charge is -2.22. The van der Waals surface area contributed by atoms with Crippen molar-refractivity contribution in [2.75, 3.05) is 6.54 Å². The number of aromatic amines is 2. The summed E-state index contributed by atoms with van der Waals surface area (Å²) in [7, 11) is 0. The minimum atomic E-state index is -0.0476. The highest BCUT2D eigenvalue weighted by atomic mass is 16.2. The predicted octanol–water partition coefficient (Wildman–Crippen LogP) is 2.72. The van der Waals surface area contributed by atoms with E-state index >= 15 is 0 Å². The molecule has 2 aromatic heterocycles. The molecule has 0 aromatic carbocycles. The molecule has 0 aliphatic carbocycles. The minimum absolute atomic E-state index is 0.0241. The average molecular weight is 301 g/mol. The van der Waals surface area contributed by atoms with Crippen LogP contribution in [0.2, 0.25) is 0 Å². The first-order chi connectivity index (χ1) is 10.4. The molecule has 22 heavy (non-hydrogen) atoms. The van der Waals surface area contributed by atoms with Crippen molar-refractivity contribution in [3.63, 3.8) is 0 Å². The second-order valence-corrected chi connectivity index (χ2v) is 7.02. The molecule has 1 aliphatic heterocycles. The van der Waals surface area contributed by atoms with E-state index in [1.54, 1.807) is 0 Å². The Hall–Kier alpha value is -2.11. The fourth-order valence-electron chi connectivity index (χ4n) is 2.86. The number of carbonyl (C=O) groups excluding carboxylic acids is 1. The van der Waals surface area contributed by atoms with E-state index in [4.69, 9.17) is 0 Å². The van der Waals surface area contributed by atoms with Gasteiger partial charge in [0.2, 0.25) is 0 Å². The fraction of sp³-hybridized carbons (Fsp3) is 0.562. The van der Waals surface area contributed by atoms with Crippen molar-refractivity contribution < 1.29 is 4.79 Å². The molecule has 118 valence electrons. The van der Waals surface area contributed by atoms with E-state index in [0.29, 0.717) is 5.69 Å². The molecular weight excluding hydrogens is 278 g/mol. The van der Waals surface area contributed by atoms with Crippen LogP contribution in [0.3, 0.4) is 0 Å². The largest absolute Gasteiger partial charge is 0.344 e. The SMILES string of the molecule is Cc1cnc([C@@H]2CCCN2C(=O)c2cc(C(C)(C)C)[nH]n2)[nH]1. The molecule has 0 unspecified atom stereocenters. The maximum absolute atomic E-state index is 12.8. The van der Waals surface area contributed by atoms with Gasteiger partial charge in [-0.2, -0.15) is 5.10 Å². The number of rotatable bonds is 2. The minimum Gasteiger partial charge on any atom is -0.344 e. The molecule has 6 heteroatoms. The Balaban J connectivity index is 1.83. The van der Waals surface area contributed by atoms with Gasteiger partial charge in [0.1, 0.15) is 11.5 Å². The van der Waals surface area contributed by atoms with Crippen LogP contribution >= 0.6 is 0 Å². The van der Waals surface area contributed by atoms with Gasteiger partial charge in [-0.15, -0.1) is 0 Å². The van der Waals surface area contributed by atoms with Gasteiger partial charge in [-0.25, -0.2) is 4.98 Å². The van der Waals surface area contributed by atoms with E-state index in [0.717, 1.165) is 36.6 Å². The summed E-state index contributed by atoms with van der Waals surface area (Å²) in [5, 5.41) is 7.20. The van der Waals surface area contributed by atoms with E-state index in [2.05, 4.69) is 40.9 Å². The molecule has 0 radical (unpaired) electrons. The predicted molar refractivity (Wildman–Crippen MR) is 83.6 cm³/mol. The number of H-pyrrole nitrogens is 2. The number of imidazole rings is 1. The van der Waals surface area contributed by atoms with E-state index < -0.39 is 0 Å². The zero-order valence-electron chi connectivity index (χ0n) is 13.6. The number of amides is 1. The molecule has 1 atom stereocenters. The summed E-state index contributed by atoms with van der Waals surface area (Å²) in [6.07, 6.45) is 3.74. The van der Waals surface area contributed by atoms with Gasteiger partial charge < -0.3 is 9.88 Å². The molecule has 2 aromatic rings. The molecule has 1 aliphatic rings.